The highest BCUT2D eigenvalue weighted by molar-refractivity contribution is 8.00. The van der Waals surface area contributed by atoms with Crippen molar-refractivity contribution in [2.75, 3.05) is 19.6 Å². The van der Waals surface area contributed by atoms with Crippen molar-refractivity contribution in [3.8, 4) is 5.69 Å². The van der Waals surface area contributed by atoms with Crippen molar-refractivity contribution in [3.63, 3.8) is 0 Å². The maximum absolute atomic E-state index is 13.2. The molecule has 2 aliphatic rings. The van der Waals surface area contributed by atoms with E-state index in [4.69, 9.17) is 0 Å². The zero-order valence-electron chi connectivity index (χ0n) is 18.2. The van der Waals surface area contributed by atoms with Crippen LogP contribution in [0, 0.1) is 0 Å². The molecule has 30 heavy (non-hydrogen) atoms. The number of aromatic nitrogens is 3. The van der Waals surface area contributed by atoms with E-state index < -0.39 is 0 Å². The maximum atomic E-state index is 13.2. The van der Waals surface area contributed by atoms with Gasteiger partial charge in [0, 0.05) is 31.1 Å². The molecule has 0 radical (unpaired) electrons. The van der Waals surface area contributed by atoms with Crippen LogP contribution in [0.5, 0.6) is 0 Å². The second-order valence-corrected chi connectivity index (χ2v) is 9.86. The zero-order valence-corrected chi connectivity index (χ0v) is 19.0. The fraction of sp³-hybridized carbons (Fsp3) is 0.609. The van der Waals surface area contributed by atoms with E-state index in [9.17, 15) is 4.79 Å². The molecule has 2 saturated heterocycles. The number of carbonyl (C=O) groups is 1. The molecule has 0 unspecified atom stereocenters. The molecule has 3 heterocycles. The number of para-hydroxylation sites is 1. The number of hydrogen-bond acceptors (Lipinski definition) is 4. The second kappa shape index (κ2) is 9.96. The molecular formula is C23H34N5OS+. The third-order valence-electron chi connectivity index (χ3n) is 6.44. The molecular weight excluding hydrogens is 394 g/mol. The fourth-order valence-corrected chi connectivity index (χ4v) is 5.72. The lowest BCUT2D eigenvalue weighted by Gasteiger charge is -2.36. The van der Waals surface area contributed by atoms with Gasteiger partial charge in [-0.05, 0) is 44.7 Å². The smallest absolute Gasteiger partial charge is 0.236 e. The van der Waals surface area contributed by atoms with Crippen LogP contribution in [0.2, 0.25) is 0 Å². The number of nitrogens with one attached hydrogen (secondary N) is 1. The van der Waals surface area contributed by atoms with Crippen molar-refractivity contribution >= 4 is 17.7 Å². The van der Waals surface area contributed by atoms with E-state index in [0.717, 1.165) is 49.0 Å². The summed E-state index contributed by atoms with van der Waals surface area (Å²) in [7, 11) is 0. The third kappa shape index (κ3) is 4.72. The molecule has 1 aromatic heterocycles. The summed E-state index contributed by atoms with van der Waals surface area (Å²) >= 11 is 1.55. The van der Waals surface area contributed by atoms with Gasteiger partial charge in [-0.1, -0.05) is 36.9 Å². The molecule has 1 N–H and O–H groups in total. The monoisotopic (exact) mass is 428 g/mol. The number of amides is 1. The first kappa shape index (κ1) is 21.4. The number of carbonyl (C=O) groups excluding carboxylic acids is 1. The average molecular weight is 429 g/mol. The Bertz CT molecular complexity index is 833. The topological polar surface area (TPSA) is 55.5 Å². The number of piperidine rings is 1. The summed E-state index contributed by atoms with van der Waals surface area (Å²) in [6.07, 6.45) is 7.08. The quantitative estimate of drug-likeness (QED) is 0.689. The first-order chi connectivity index (χ1) is 14.7. The van der Waals surface area contributed by atoms with Gasteiger partial charge in [-0.2, -0.15) is 0 Å². The van der Waals surface area contributed by atoms with Gasteiger partial charge in [0.1, 0.15) is 6.54 Å². The van der Waals surface area contributed by atoms with Crippen molar-refractivity contribution in [2.24, 2.45) is 0 Å². The van der Waals surface area contributed by atoms with Crippen LogP contribution in [-0.4, -0.2) is 56.5 Å². The first-order valence-electron chi connectivity index (χ1n) is 11.5. The molecule has 2 aliphatic heterocycles. The molecule has 0 spiro atoms. The lowest BCUT2D eigenvalue weighted by molar-refractivity contribution is -0.902. The van der Waals surface area contributed by atoms with Crippen LogP contribution in [0.3, 0.4) is 0 Å². The highest BCUT2D eigenvalue weighted by Gasteiger charge is 2.31. The van der Waals surface area contributed by atoms with E-state index >= 15 is 0 Å². The van der Waals surface area contributed by atoms with Crippen LogP contribution in [0.1, 0.15) is 58.2 Å². The van der Waals surface area contributed by atoms with Crippen molar-refractivity contribution in [1.82, 2.24) is 19.7 Å². The molecule has 1 aromatic carbocycles. The highest BCUT2D eigenvalue weighted by atomic mass is 32.2. The number of hydrogen-bond donors (Lipinski definition) is 1. The van der Waals surface area contributed by atoms with Gasteiger partial charge in [-0.3, -0.25) is 9.36 Å². The summed E-state index contributed by atoms with van der Waals surface area (Å²) in [5.41, 5.74) is 1.07. The van der Waals surface area contributed by atoms with Gasteiger partial charge in [0.25, 0.3) is 0 Å². The lowest BCUT2D eigenvalue weighted by Crippen LogP contribution is -3.08. The minimum atomic E-state index is -0.171. The molecule has 2 aromatic rings. The van der Waals surface area contributed by atoms with E-state index in [0.29, 0.717) is 6.04 Å². The second-order valence-electron chi connectivity index (χ2n) is 8.55. The lowest BCUT2D eigenvalue weighted by atomic mass is 10.00. The number of thioether (sulfide) groups is 1. The minimum absolute atomic E-state index is 0.171. The highest BCUT2D eigenvalue weighted by Crippen LogP contribution is 2.29. The molecule has 2 atom stereocenters. The van der Waals surface area contributed by atoms with Gasteiger partial charge in [0.2, 0.25) is 5.91 Å². The molecule has 0 saturated carbocycles. The predicted molar refractivity (Wildman–Crippen MR) is 120 cm³/mol. The fourth-order valence-electron chi connectivity index (χ4n) is 4.76. The van der Waals surface area contributed by atoms with Crippen LogP contribution in [-0.2, 0) is 11.3 Å². The average Bonchev–Trinajstić information content (AvgIpc) is 3.44. The van der Waals surface area contributed by atoms with Crippen molar-refractivity contribution in [2.45, 2.75) is 75.4 Å². The Morgan fingerprint density at radius 1 is 1.17 bits per heavy atom. The Hall–Kier alpha value is -1.86. The number of benzene rings is 1. The van der Waals surface area contributed by atoms with Gasteiger partial charge in [0.15, 0.2) is 11.0 Å². The molecule has 162 valence electrons. The first-order valence-corrected chi connectivity index (χ1v) is 12.4. The normalized spacial score (nSPS) is 21.1. The zero-order chi connectivity index (χ0) is 20.9. The van der Waals surface area contributed by atoms with Gasteiger partial charge in [0.05, 0.1) is 18.3 Å². The van der Waals surface area contributed by atoms with Crippen LogP contribution in [0.25, 0.3) is 5.69 Å². The molecule has 6 nitrogen and oxygen atoms in total. The molecule has 4 rings (SSSR count). The summed E-state index contributed by atoms with van der Waals surface area (Å²) in [6, 6.07) is 10.7. The minimum Gasteiger partial charge on any atom is -0.339 e. The maximum Gasteiger partial charge on any atom is 0.236 e. The van der Waals surface area contributed by atoms with Crippen molar-refractivity contribution < 1.29 is 9.69 Å². The Labute approximate surface area is 184 Å². The summed E-state index contributed by atoms with van der Waals surface area (Å²) in [5, 5.41) is 9.74. The largest absolute Gasteiger partial charge is 0.339 e. The Morgan fingerprint density at radius 2 is 1.93 bits per heavy atom. The van der Waals surface area contributed by atoms with Gasteiger partial charge in [-0.15, -0.1) is 10.2 Å². The van der Waals surface area contributed by atoms with Gasteiger partial charge < -0.3 is 9.80 Å². The van der Waals surface area contributed by atoms with Crippen LogP contribution in [0.4, 0.5) is 0 Å². The molecule has 2 fully saturated rings. The predicted octanol–water partition coefficient (Wildman–Crippen LogP) is 2.72. The summed E-state index contributed by atoms with van der Waals surface area (Å²) in [5.74, 6) is 1.23. The molecule has 0 bridgehead atoms. The van der Waals surface area contributed by atoms with E-state index in [-0.39, 0.29) is 11.2 Å². The van der Waals surface area contributed by atoms with E-state index in [1.54, 1.807) is 16.7 Å². The molecule has 1 amide bonds. The standard InChI is InChI=1S/C23H33N5OS/c1-3-19-11-7-8-16-27(19)22(29)18(2)30-23-25-24-21(17-26-14-9-10-15-26)28(23)20-12-5-4-6-13-20/h4-6,12-13,18-19H,3,7-11,14-17H2,1-2H3/p+1/t18-,19-/m1/s1. The van der Waals surface area contributed by atoms with Crippen molar-refractivity contribution in [3.05, 3.63) is 36.2 Å². The summed E-state index contributed by atoms with van der Waals surface area (Å²) in [6.45, 7) is 8.38. The van der Waals surface area contributed by atoms with E-state index in [2.05, 4.69) is 38.7 Å². The summed E-state index contributed by atoms with van der Waals surface area (Å²) < 4.78 is 2.16. The Kier molecular flexibility index (Phi) is 7.10. The number of quaternary nitrogens is 1. The Morgan fingerprint density at radius 3 is 2.67 bits per heavy atom. The Balaban J connectivity index is 1.55. The third-order valence-corrected chi connectivity index (χ3v) is 7.48. The van der Waals surface area contributed by atoms with Crippen LogP contribution < -0.4 is 4.90 Å². The number of rotatable bonds is 7. The number of nitrogens with zero attached hydrogens (tertiary/aromatic N) is 4. The number of likely N-dealkylation sites (tertiary alicyclic amines) is 2. The molecule has 0 aliphatic carbocycles. The SMILES string of the molecule is CC[C@@H]1CCCCN1C(=O)[C@@H](C)Sc1nnc(C[NH+]2CCCC2)n1-c1ccccc1. The van der Waals surface area contributed by atoms with Gasteiger partial charge >= 0.3 is 0 Å². The van der Waals surface area contributed by atoms with Crippen molar-refractivity contribution in [1.29, 1.82) is 0 Å². The van der Waals surface area contributed by atoms with Gasteiger partial charge in [-0.25, -0.2) is 0 Å². The van der Waals surface area contributed by atoms with Crippen LogP contribution in [0.15, 0.2) is 35.5 Å². The van der Waals surface area contributed by atoms with E-state index in [1.165, 1.54) is 32.4 Å². The summed E-state index contributed by atoms with van der Waals surface area (Å²) in [4.78, 5) is 16.9. The van der Waals surface area contributed by atoms with Crippen LogP contribution >= 0.6 is 11.8 Å². The van der Waals surface area contributed by atoms with E-state index in [1.807, 2.05) is 25.1 Å². The molecule has 7 heteroatoms.